The predicted octanol–water partition coefficient (Wildman–Crippen LogP) is 3.50. The van der Waals surface area contributed by atoms with Gasteiger partial charge in [0.05, 0.1) is 11.6 Å². The predicted molar refractivity (Wildman–Crippen MR) is 122 cm³/mol. The van der Waals surface area contributed by atoms with Crippen LogP contribution in [0.2, 0.25) is 0 Å². The number of aryl methyl sites for hydroxylation is 1. The third-order valence-corrected chi connectivity index (χ3v) is 6.50. The summed E-state index contributed by atoms with van der Waals surface area (Å²) in [7, 11) is -2.61. The van der Waals surface area contributed by atoms with Crippen molar-refractivity contribution in [2.45, 2.75) is 5.25 Å². The molecule has 0 bridgehead atoms. The van der Waals surface area contributed by atoms with Crippen LogP contribution in [0.3, 0.4) is 0 Å². The standard InChI is InChI=1S/C23H19FN4O4S/c1-28-13-19(17-8-9-27-22(17)23(28)29)18-10-15(21(11-24)33(26,30)31)4-7-20(18)32-16-5-2-14(12-25)3-6-16/h2-10,13,21,27H,11H2,1H3,(H2,26,30,31). The first kappa shape index (κ1) is 22.3. The molecule has 0 aliphatic heterocycles. The molecule has 168 valence electrons. The minimum absolute atomic E-state index is 0.153. The molecule has 4 rings (SSSR count). The molecular formula is C23H19FN4O4S. The Hall–Kier alpha value is -3.94. The fraction of sp³-hybridized carbons (Fsp3) is 0.130. The molecule has 0 saturated carbocycles. The highest BCUT2D eigenvalue weighted by molar-refractivity contribution is 7.89. The zero-order chi connectivity index (χ0) is 23.8. The van der Waals surface area contributed by atoms with Crippen molar-refractivity contribution in [2.75, 3.05) is 6.67 Å². The lowest BCUT2D eigenvalue weighted by atomic mass is 9.99. The molecule has 2 heterocycles. The Morgan fingerprint density at radius 3 is 2.55 bits per heavy atom. The van der Waals surface area contributed by atoms with E-state index in [2.05, 4.69) is 4.98 Å². The van der Waals surface area contributed by atoms with Gasteiger partial charge in [-0.25, -0.2) is 17.9 Å². The summed E-state index contributed by atoms with van der Waals surface area (Å²) in [6.07, 6.45) is 3.22. The molecule has 1 atom stereocenters. The molecule has 3 N–H and O–H groups in total. The highest BCUT2D eigenvalue weighted by Gasteiger charge is 2.26. The highest BCUT2D eigenvalue weighted by atomic mass is 32.2. The summed E-state index contributed by atoms with van der Waals surface area (Å²) in [5.41, 5.74) is 1.75. The fourth-order valence-electron chi connectivity index (χ4n) is 3.62. The molecule has 4 aromatic rings. The average molecular weight is 466 g/mol. The average Bonchev–Trinajstić information content (AvgIpc) is 3.27. The molecule has 10 heteroatoms. The first-order chi connectivity index (χ1) is 15.7. The molecule has 33 heavy (non-hydrogen) atoms. The Morgan fingerprint density at radius 2 is 1.91 bits per heavy atom. The number of nitrogens with two attached hydrogens (primary N) is 1. The minimum atomic E-state index is -4.20. The number of hydrogen-bond acceptors (Lipinski definition) is 5. The molecule has 0 saturated heterocycles. The van der Waals surface area contributed by atoms with Crippen molar-refractivity contribution in [1.82, 2.24) is 9.55 Å². The van der Waals surface area contributed by atoms with Crippen LogP contribution in [0.4, 0.5) is 4.39 Å². The monoisotopic (exact) mass is 466 g/mol. The van der Waals surface area contributed by atoms with Gasteiger partial charge in [-0.3, -0.25) is 4.79 Å². The number of primary sulfonamides is 1. The smallest absolute Gasteiger partial charge is 0.274 e. The number of nitriles is 1. The third-order valence-electron chi connectivity index (χ3n) is 5.31. The van der Waals surface area contributed by atoms with Gasteiger partial charge < -0.3 is 14.3 Å². The summed E-state index contributed by atoms with van der Waals surface area (Å²) in [5, 5.41) is 13.3. The molecule has 0 aliphatic carbocycles. The largest absolute Gasteiger partial charge is 0.457 e. The van der Waals surface area contributed by atoms with Gasteiger partial charge in [-0.15, -0.1) is 0 Å². The van der Waals surface area contributed by atoms with E-state index in [9.17, 15) is 17.6 Å². The van der Waals surface area contributed by atoms with E-state index in [0.29, 0.717) is 39.1 Å². The zero-order valence-corrected chi connectivity index (χ0v) is 18.3. The minimum Gasteiger partial charge on any atom is -0.457 e. The van der Waals surface area contributed by atoms with E-state index in [1.165, 1.54) is 22.8 Å². The molecule has 1 unspecified atom stereocenters. The van der Waals surface area contributed by atoms with Gasteiger partial charge in [0.25, 0.3) is 5.56 Å². The molecule has 0 radical (unpaired) electrons. The van der Waals surface area contributed by atoms with Crippen LogP contribution < -0.4 is 15.4 Å². The number of aromatic nitrogens is 2. The first-order valence-electron chi connectivity index (χ1n) is 9.79. The topological polar surface area (TPSA) is 131 Å². The number of nitrogens with zero attached hydrogens (tertiary/aromatic N) is 2. The van der Waals surface area contributed by atoms with Crippen molar-refractivity contribution in [3.63, 3.8) is 0 Å². The number of ether oxygens (including phenoxy) is 1. The third kappa shape index (κ3) is 4.24. The van der Waals surface area contributed by atoms with Crippen molar-refractivity contribution in [3.8, 4) is 28.7 Å². The maximum atomic E-state index is 13.6. The second-order valence-corrected chi connectivity index (χ2v) is 9.20. The van der Waals surface area contributed by atoms with Gasteiger partial charge in [0.1, 0.15) is 28.9 Å². The van der Waals surface area contributed by atoms with Gasteiger partial charge in [-0.2, -0.15) is 5.26 Å². The van der Waals surface area contributed by atoms with Crippen LogP contribution in [0.25, 0.3) is 22.0 Å². The van der Waals surface area contributed by atoms with Gasteiger partial charge in [0, 0.05) is 36.0 Å². The Balaban J connectivity index is 1.94. The Kier molecular flexibility index (Phi) is 5.76. The van der Waals surface area contributed by atoms with Crippen molar-refractivity contribution in [2.24, 2.45) is 12.2 Å². The van der Waals surface area contributed by atoms with Crippen molar-refractivity contribution in [1.29, 1.82) is 5.26 Å². The lowest BCUT2D eigenvalue weighted by Crippen LogP contribution is -2.23. The zero-order valence-electron chi connectivity index (χ0n) is 17.4. The van der Waals surface area contributed by atoms with Crippen molar-refractivity contribution < 1.29 is 17.5 Å². The number of hydrogen-bond donors (Lipinski definition) is 2. The Morgan fingerprint density at radius 1 is 1.18 bits per heavy atom. The summed E-state index contributed by atoms with van der Waals surface area (Å²) in [4.78, 5) is 15.4. The Bertz CT molecular complexity index is 1550. The van der Waals surface area contributed by atoms with Crippen molar-refractivity contribution >= 4 is 20.9 Å². The number of nitrogens with one attached hydrogen (secondary N) is 1. The molecule has 2 aromatic carbocycles. The van der Waals surface area contributed by atoms with E-state index in [-0.39, 0.29) is 11.1 Å². The summed E-state index contributed by atoms with van der Waals surface area (Å²) in [6.45, 7) is -1.19. The molecule has 0 fully saturated rings. The van der Waals surface area contributed by atoms with E-state index in [4.69, 9.17) is 15.1 Å². The molecule has 0 amide bonds. The van der Waals surface area contributed by atoms with Crippen LogP contribution in [0.1, 0.15) is 16.4 Å². The number of fused-ring (bicyclic) bond motifs is 1. The van der Waals surface area contributed by atoms with Gasteiger partial charge in [-0.05, 0) is 48.0 Å². The molecule has 2 aromatic heterocycles. The van der Waals surface area contributed by atoms with E-state index in [1.807, 2.05) is 6.07 Å². The molecule has 0 spiro atoms. The maximum absolute atomic E-state index is 13.6. The SMILES string of the molecule is Cn1cc(-c2cc(C(CF)S(N)(=O)=O)ccc2Oc2ccc(C#N)cc2)c2cc[nH]c2c1=O. The van der Waals surface area contributed by atoms with Crippen LogP contribution in [0.15, 0.2) is 65.7 Å². The van der Waals surface area contributed by atoms with Gasteiger partial charge in [0.15, 0.2) is 0 Å². The number of sulfonamides is 1. The normalized spacial score (nSPS) is 12.4. The molecule has 0 aliphatic rings. The number of benzene rings is 2. The van der Waals surface area contributed by atoms with Crippen LogP contribution in [-0.2, 0) is 17.1 Å². The summed E-state index contributed by atoms with van der Waals surface area (Å²) in [6, 6.07) is 14.7. The maximum Gasteiger partial charge on any atom is 0.274 e. The molecular weight excluding hydrogens is 447 g/mol. The lowest BCUT2D eigenvalue weighted by molar-refractivity contribution is 0.468. The summed E-state index contributed by atoms with van der Waals surface area (Å²) < 4.78 is 45.0. The van der Waals surface area contributed by atoms with Gasteiger partial charge in [-0.1, -0.05) is 6.07 Å². The second-order valence-electron chi connectivity index (χ2n) is 7.45. The number of alkyl halides is 1. The van der Waals surface area contributed by atoms with Crippen LogP contribution in [0.5, 0.6) is 11.5 Å². The van der Waals surface area contributed by atoms with E-state index in [1.54, 1.807) is 49.8 Å². The van der Waals surface area contributed by atoms with Gasteiger partial charge >= 0.3 is 0 Å². The number of H-pyrrole nitrogens is 1. The van der Waals surface area contributed by atoms with Crippen LogP contribution >= 0.6 is 0 Å². The fourth-order valence-corrected chi connectivity index (χ4v) is 4.32. The highest BCUT2D eigenvalue weighted by Crippen LogP contribution is 2.39. The van der Waals surface area contributed by atoms with Crippen molar-refractivity contribution in [3.05, 3.63) is 82.4 Å². The second kappa shape index (κ2) is 8.54. The Labute approximate surface area is 188 Å². The number of pyridine rings is 1. The lowest BCUT2D eigenvalue weighted by Gasteiger charge is -2.17. The quantitative estimate of drug-likeness (QED) is 0.449. The first-order valence-corrected chi connectivity index (χ1v) is 11.4. The summed E-state index contributed by atoms with van der Waals surface area (Å²) in [5.74, 6) is 0.781. The number of aromatic amines is 1. The summed E-state index contributed by atoms with van der Waals surface area (Å²) >= 11 is 0. The number of halogens is 1. The van der Waals surface area contributed by atoms with E-state index in [0.717, 1.165) is 0 Å². The molecule has 8 nitrogen and oxygen atoms in total. The number of rotatable bonds is 6. The van der Waals surface area contributed by atoms with E-state index < -0.39 is 21.9 Å². The van der Waals surface area contributed by atoms with Gasteiger partial charge in [0.2, 0.25) is 10.0 Å². The van der Waals surface area contributed by atoms with Crippen LogP contribution in [-0.4, -0.2) is 24.6 Å². The van der Waals surface area contributed by atoms with Crippen LogP contribution in [0, 0.1) is 11.3 Å². The van der Waals surface area contributed by atoms with E-state index >= 15 is 0 Å².